The van der Waals surface area contributed by atoms with E-state index in [1.54, 1.807) is 0 Å². The van der Waals surface area contributed by atoms with Crippen LogP contribution in [0, 0.1) is 5.92 Å². The van der Waals surface area contributed by atoms with E-state index in [4.69, 9.17) is 0 Å². The van der Waals surface area contributed by atoms with Gasteiger partial charge < -0.3 is 0 Å². The van der Waals surface area contributed by atoms with Crippen LogP contribution in [0.5, 0.6) is 0 Å². The van der Waals surface area contributed by atoms with Crippen molar-refractivity contribution < 1.29 is 0 Å². The summed E-state index contributed by atoms with van der Waals surface area (Å²) in [6.45, 7) is 6.69. The second kappa shape index (κ2) is 3.60. The van der Waals surface area contributed by atoms with Crippen molar-refractivity contribution in [3.05, 3.63) is 16.4 Å². The summed E-state index contributed by atoms with van der Waals surface area (Å²) < 4.78 is 2.86. The monoisotopic (exact) mass is 230 g/mol. The number of hydrogen-bond acceptors (Lipinski definition) is 1. The summed E-state index contributed by atoms with van der Waals surface area (Å²) in [7, 11) is 1.99. The standard InChI is InChI=1S/C9H15BrN2/c1-6(2)7(3)8-5-9(10)11-12(8)4/h5-7H,1-4H3. The van der Waals surface area contributed by atoms with Crippen LogP contribution in [0.4, 0.5) is 0 Å². The molecule has 0 saturated heterocycles. The van der Waals surface area contributed by atoms with E-state index < -0.39 is 0 Å². The molecule has 0 bridgehead atoms. The predicted octanol–water partition coefficient (Wildman–Crippen LogP) is 2.94. The minimum absolute atomic E-state index is 0.564. The van der Waals surface area contributed by atoms with Gasteiger partial charge in [-0.15, -0.1) is 0 Å². The largest absolute Gasteiger partial charge is 0.271 e. The van der Waals surface area contributed by atoms with Crippen molar-refractivity contribution in [2.75, 3.05) is 0 Å². The van der Waals surface area contributed by atoms with Crippen LogP contribution in [0.2, 0.25) is 0 Å². The van der Waals surface area contributed by atoms with Crippen LogP contribution in [-0.2, 0) is 7.05 Å². The van der Waals surface area contributed by atoms with Gasteiger partial charge in [-0.05, 0) is 27.9 Å². The predicted molar refractivity (Wildman–Crippen MR) is 54.2 cm³/mol. The van der Waals surface area contributed by atoms with Gasteiger partial charge in [0, 0.05) is 18.7 Å². The van der Waals surface area contributed by atoms with Gasteiger partial charge in [0.1, 0.15) is 4.60 Å². The third kappa shape index (κ3) is 1.89. The van der Waals surface area contributed by atoms with Crippen molar-refractivity contribution in [2.45, 2.75) is 26.7 Å². The van der Waals surface area contributed by atoms with Crippen LogP contribution in [0.15, 0.2) is 10.7 Å². The molecule has 68 valence electrons. The molecule has 0 spiro atoms. The minimum Gasteiger partial charge on any atom is -0.271 e. The molecule has 1 heterocycles. The molecular formula is C9H15BrN2. The average Bonchev–Trinajstić information content (AvgIpc) is 2.28. The normalized spacial score (nSPS) is 13.8. The molecule has 0 fully saturated rings. The Morgan fingerprint density at radius 2 is 2.00 bits per heavy atom. The number of aromatic nitrogens is 2. The molecule has 0 aliphatic heterocycles. The highest BCUT2D eigenvalue weighted by Crippen LogP contribution is 2.24. The first-order valence-corrected chi connectivity index (χ1v) is 5.01. The summed E-state index contributed by atoms with van der Waals surface area (Å²) in [6, 6.07) is 2.09. The van der Waals surface area contributed by atoms with Crippen LogP contribution in [0.25, 0.3) is 0 Å². The SMILES string of the molecule is CC(C)C(C)c1cc(Br)nn1C. The summed E-state index contributed by atoms with van der Waals surface area (Å²) in [5.74, 6) is 1.22. The first-order chi connectivity index (χ1) is 5.52. The maximum atomic E-state index is 4.25. The van der Waals surface area contributed by atoms with Gasteiger partial charge in [0.2, 0.25) is 0 Å². The van der Waals surface area contributed by atoms with Crippen LogP contribution >= 0.6 is 15.9 Å². The van der Waals surface area contributed by atoms with Gasteiger partial charge in [-0.2, -0.15) is 5.10 Å². The Labute approximate surface area is 82.1 Å². The Hall–Kier alpha value is -0.310. The lowest BCUT2D eigenvalue weighted by atomic mass is 9.95. The molecule has 12 heavy (non-hydrogen) atoms. The second-order valence-electron chi connectivity index (χ2n) is 3.55. The highest BCUT2D eigenvalue weighted by atomic mass is 79.9. The van der Waals surface area contributed by atoms with Gasteiger partial charge in [0.15, 0.2) is 0 Å². The maximum Gasteiger partial charge on any atom is 0.128 e. The van der Waals surface area contributed by atoms with E-state index in [0.29, 0.717) is 11.8 Å². The Morgan fingerprint density at radius 1 is 1.42 bits per heavy atom. The van der Waals surface area contributed by atoms with Crippen LogP contribution in [0.3, 0.4) is 0 Å². The molecule has 3 heteroatoms. The van der Waals surface area contributed by atoms with Crippen molar-refractivity contribution in [1.29, 1.82) is 0 Å². The highest BCUT2D eigenvalue weighted by molar-refractivity contribution is 9.10. The van der Waals surface area contributed by atoms with E-state index in [2.05, 4.69) is 47.9 Å². The smallest absolute Gasteiger partial charge is 0.128 e. The average molecular weight is 231 g/mol. The lowest BCUT2D eigenvalue weighted by molar-refractivity contribution is 0.498. The number of aryl methyl sites for hydroxylation is 1. The van der Waals surface area contributed by atoms with E-state index in [1.165, 1.54) is 5.69 Å². The second-order valence-corrected chi connectivity index (χ2v) is 4.36. The molecular weight excluding hydrogens is 216 g/mol. The third-order valence-corrected chi connectivity index (χ3v) is 2.74. The van der Waals surface area contributed by atoms with E-state index in [0.717, 1.165) is 4.60 Å². The summed E-state index contributed by atoms with van der Waals surface area (Å²) in [6.07, 6.45) is 0. The molecule has 2 nitrogen and oxygen atoms in total. The summed E-state index contributed by atoms with van der Waals surface area (Å²) in [5, 5.41) is 4.25. The fourth-order valence-corrected chi connectivity index (χ4v) is 1.69. The molecule has 1 atom stereocenters. The number of hydrogen-bond donors (Lipinski definition) is 0. The molecule has 1 rings (SSSR count). The number of rotatable bonds is 2. The molecule has 0 saturated carbocycles. The molecule has 0 amide bonds. The highest BCUT2D eigenvalue weighted by Gasteiger charge is 2.14. The first kappa shape index (κ1) is 9.78. The Balaban J connectivity index is 2.94. The van der Waals surface area contributed by atoms with Crippen molar-refractivity contribution in [3.63, 3.8) is 0 Å². The third-order valence-electron chi connectivity index (χ3n) is 2.35. The molecule has 0 aliphatic carbocycles. The lowest BCUT2D eigenvalue weighted by Gasteiger charge is -2.14. The van der Waals surface area contributed by atoms with Gasteiger partial charge >= 0.3 is 0 Å². The Kier molecular flexibility index (Phi) is 2.94. The van der Waals surface area contributed by atoms with Crippen LogP contribution < -0.4 is 0 Å². The zero-order chi connectivity index (χ0) is 9.30. The van der Waals surface area contributed by atoms with Gasteiger partial charge in [-0.25, -0.2) is 0 Å². The molecule has 1 unspecified atom stereocenters. The molecule has 0 radical (unpaired) electrons. The first-order valence-electron chi connectivity index (χ1n) is 4.21. The van der Waals surface area contributed by atoms with Gasteiger partial charge in [-0.3, -0.25) is 4.68 Å². The quantitative estimate of drug-likeness (QED) is 0.765. The van der Waals surface area contributed by atoms with E-state index >= 15 is 0 Å². The van der Waals surface area contributed by atoms with Crippen LogP contribution in [-0.4, -0.2) is 9.78 Å². The van der Waals surface area contributed by atoms with Crippen LogP contribution in [0.1, 0.15) is 32.4 Å². The summed E-state index contributed by atoms with van der Waals surface area (Å²) >= 11 is 3.37. The van der Waals surface area contributed by atoms with E-state index in [9.17, 15) is 0 Å². The van der Waals surface area contributed by atoms with Crippen molar-refractivity contribution in [3.8, 4) is 0 Å². The zero-order valence-corrected chi connectivity index (χ0v) is 9.59. The van der Waals surface area contributed by atoms with E-state index in [1.807, 2.05) is 11.7 Å². The molecule has 0 aromatic carbocycles. The van der Waals surface area contributed by atoms with Gasteiger partial charge in [0.25, 0.3) is 0 Å². The molecule has 0 aliphatic rings. The molecule has 1 aromatic heterocycles. The fraction of sp³-hybridized carbons (Fsp3) is 0.667. The number of nitrogens with zero attached hydrogens (tertiary/aromatic N) is 2. The Bertz CT molecular complexity index is 265. The van der Waals surface area contributed by atoms with Gasteiger partial charge in [0.05, 0.1) is 0 Å². The summed E-state index contributed by atoms with van der Waals surface area (Å²) in [4.78, 5) is 0. The number of halogens is 1. The Morgan fingerprint density at radius 3 is 2.33 bits per heavy atom. The maximum absolute atomic E-state index is 4.25. The molecule has 1 aromatic rings. The van der Waals surface area contributed by atoms with Crippen molar-refractivity contribution >= 4 is 15.9 Å². The van der Waals surface area contributed by atoms with E-state index in [-0.39, 0.29) is 0 Å². The zero-order valence-electron chi connectivity index (χ0n) is 8.00. The van der Waals surface area contributed by atoms with Crippen molar-refractivity contribution in [2.24, 2.45) is 13.0 Å². The minimum atomic E-state index is 0.564. The van der Waals surface area contributed by atoms with Gasteiger partial charge in [-0.1, -0.05) is 20.8 Å². The summed E-state index contributed by atoms with van der Waals surface area (Å²) in [5.41, 5.74) is 1.29. The van der Waals surface area contributed by atoms with Crippen molar-refractivity contribution in [1.82, 2.24) is 9.78 Å². The lowest BCUT2D eigenvalue weighted by Crippen LogP contribution is -2.07. The fourth-order valence-electron chi connectivity index (χ4n) is 1.21. The molecule has 0 N–H and O–H groups in total. The topological polar surface area (TPSA) is 17.8 Å².